The number of aliphatic hydroxyl groups excluding tert-OH is 1. The fourth-order valence-corrected chi connectivity index (χ4v) is 8.03. The van der Waals surface area contributed by atoms with Crippen molar-refractivity contribution in [1.82, 2.24) is 0 Å². The number of rotatable bonds is 20. The maximum atomic E-state index is 14.1. The van der Waals surface area contributed by atoms with Crippen molar-refractivity contribution in [3.05, 3.63) is 215 Å². The number of aliphatic hydroxyl groups is 1. The molecule has 358 valence electrons. The van der Waals surface area contributed by atoms with Crippen LogP contribution in [0.4, 0.5) is 0 Å². The second-order valence-corrected chi connectivity index (χ2v) is 16.4. The van der Waals surface area contributed by atoms with Gasteiger partial charge in [-0.15, -0.1) is 0 Å². The standard InChI is InChI=1S/C55H54O14/c1-60-54-49(63-34-39-24-12-4-13-25-39)48(62-33-38-22-10-3-11-23-38)46(44(66-54)35-61-32-37-20-8-2-9-21-37)69-55-50(68-53(59)42-30-18-7-19-31-42)47(67-52(58)41-28-16-6-17-29-41)45(56)43(65-55)36-64-51(57)40-26-14-5-15-27-40/h2-31,43-50,54-56H,32-36H2,1H3/t43-,44-,45-,46-,47+,48+,49-,50-,54+,55+/m1/s1. The van der Waals surface area contributed by atoms with Gasteiger partial charge in [0.05, 0.1) is 43.1 Å². The molecule has 8 rings (SSSR count). The first-order valence-corrected chi connectivity index (χ1v) is 22.7. The lowest BCUT2D eigenvalue weighted by Gasteiger charge is -2.49. The van der Waals surface area contributed by atoms with Gasteiger partial charge in [0, 0.05) is 7.11 Å². The van der Waals surface area contributed by atoms with E-state index in [2.05, 4.69) is 0 Å². The van der Waals surface area contributed by atoms with E-state index in [1.807, 2.05) is 91.0 Å². The molecule has 14 heteroatoms. The van der Waals surface area contributed by atoms with Crippen LogP contribution in [0.5, 0.6) is 0 Å². The van der Waals surface area contributed by atoms with E-state index in [0.717, 1.165) is 16.7 Å². The summed E-state index contributed by atoms with van der Waals surface area (Å²) < 4.78 is 64.1. The molecule has 2 saturated heterocycles. The Balaban J connectivity index is 1.19. The zero-order chi connectivity index (χ0) is 47.8. The minimum absolute atomic E-state index is 0.0651. The van der Waals surface area contributed by atoms with E-state index >= 15 is 0 Å². The van der Waals surface area contributed by atoms with Crippen LogP contribution in [0.25, 0.3) is 0 Å². The van der Waals surface area contributed by atoms with E-state index in [-0.39, 0.29) is 43.1 Å². The van der Waals surface area contributed by atoms with Crippen LogP contribution in [0.15, 0.2) is 182 Å². The fourth-order valence-electron chi connectivity index (χ4n) is 8.03. The summed E-state index contributed by atoms with van der Waals surface area (Å²) in [4.78, 5) is 41.4. The van der Waals surface area contributed by atoms with Gasteiger partial charge in [-0.05, 0) is 53.1 Å². The van der Waals surface area contributed by atoms with Gasteiger partial charge >= 0.3 is 17.9 Å². The Morgan fingerprint density at radius 2 is 0.870 bits per heavy atom. The number of carbonyl (C=O) groups is 3. The fraction of sp³-hybridized carbons (Fsp3) is 0.291. The Morgan fingerprint density at radius 1 is 0.449 bits per heavy atom. The average Bonchev–Trinajstić information content (AvgIpc) is 3.40. The van der Waals surface area contributed by atoms with Gasteiger partial charge in [-0.25, -0.2) is 14.4 Å². The molecule has 6 aromatic rings. The lowest BCUT2D eigenvalue weighted by molar-refractivity contribution is -0.365. The molecule has 69 heavy (non-hydrogen) atoms. The number of esters is 3. The molecule has 0 spiro atoms. The number of ether oxygens (including phenoxy) is 10. The normalized spacial score (nSPS) is 24.4. The minimum Gasteiger partial charge on any atom is -0.459 e. The van der Waals surface area contributed by atoms with E-state index in [0.29, 0.717) is 0 Å². The summed E-state index contributed by atoms with van der Waals surface area (Å²) >= 11 is 0. The van der Waals surface area contributed by atoms with Crippen LogP contribution in [0, 0.1) is 0 Å². The summed E-state index contributed by atoms with van der Waals surface area (Å²) in [7, 11) is 1.50. The van der Waals surface area contributed by atoms with E-state index in [1.165, 1.54) is 7.11 Å². The monoisotopic (exact) mass is 938 g/mol. The molecule has 0 aliphatic carbocycles. The number of benzene rings is 6. The predicted molar refractivity (Wildman–Crippen MR) is 249 cm³/mol. The summed E-state index contributed by atoms with van der Waals surface area (Å²) in [6, 6.07) is 53.3. The lowest BCUT2D eigenvalue weighted by Crippen LogP contribution is -2.66. The van der Waals surface area contributed by atoms with Crippen molar-refractivity contribution in [2.24, 2.45) is 0 Å². The molecule has 2 heterocycles. The molecule has 2 aliphatic heterocycles. The number of hydrogen-bond acceptors (Lipinski definition) is 14. The smallest absolute Gasteiger partial charge is 0.338 e. The second kappa shape index (κ2) is 24.6. The highest BCUT2D eigenvalue weighted by molar-refractivity contribution is 5.90. The maximum absolute atomic E-state index is 14.1. The maximum Gasteiger partial charge on any atom is 0.338 e. The van der Waals surface area contributed by atoms with Gasteiger partial charge in [0.2, 0.25) is 0 Å². The van der Waals surface area contributed by atoms with Crippen LogP contribution >= 0.6 is 0 Å². The van der Waals surface area contributed by atoms with Gasteiger partial charge in [0.1, 0.15) is 43.2 Å². The third kappa shape index (κ3) is 13.1. The highest BCUT2D eigenvalue weighted by Gasteiger charge is 2.55. The molecule has 10 atom stereocenters. The molecule has 0 unspecified atom stereocenters. The molecule has 0 saturated carbocycles. The van der Waals surface area contributed by atoms with Crippen LogP contribution in [0.3, 0.4) is 0 Å². The first kappa shape index (κ1) is 48.9. The molecule has 2 fully saturated rings. The van der Waals surface area contributed by atoms with E-state index in [4.69, 9.17) is 47.4 Å². The van der Waals surface area contributed by atoms with Crippen LogP contribution < -0.4 is 0 Å². The molecule has 2 aliphatic rings. The van der Waals surface area contributed by atoms with Crippen molar-refractivity contribution in [3.63, 3.8) is 0 Å². The van der Waals surface area contributed by atoms with E-state index in [9.17, 15) is 19.5 Å². The Kier molecular flexibility index (Phi) is 17.4. The van der Waals surface area contributed by atoms with E-state index in [1.54, 1.807) is 91.0 Å². The molecule has 0 bridgehead atoms. The van der Waals surface area contributed by atoms with Gasteiger partial charge in [-0.1, -0.05) is 146 Å². The van der Waals surface area contributed by atoms with Crippen LogP contribution in [-0.2, 0) is 67.2 Å². The first-order chi connectivity index (χ1) is 33.8. The molecular weight excluding hydrogens is 885 g/mol. The van der Waals surface area contributed by atoms with Crippen molar-refractivity contribution in [1.29, 1.82) is 0 Å². The third-order valence-electron chi connectivity index (χ3n) is 11.6. The van der Waals surface area contributed by atoms with Gasteiger partial charge in [0.15, 0.2) is 24.8 Å². The van der Waals surface area contributed by atoms with Crippen LogP contribution in [0.1, 0.15) is 47.8 Å². The average molecular weight is 939 g/mol. The SMILES string of the molecule is CO[C@H]1O[C@H](COCc2ccccc2)[C@@H](O[C@@H]2O[C@H](COC(=O)c3ccccc3)[C@@H](O)[C@H](OC(=O)c3ccccc3)[C@H]2OC(=O)c2ccccc2)[C@H](OCc2ccccc2)[C@H]1OCc1ccccc1. The first-order valence-electron chi connectivity index (χ1n) is 22.7. The van der Waals surface area contributed by atoms with Crippen LogP contribution in [-0.4, -0.2) is 105 Å². The zero-order valence-electron chi connectivity index (χ0n) is 37.9. The van der Waals surface area contributed by atoms with Crippen molar-refractivity contribution >= 4 is 17.9 Å². The van der Waals surface area contributed by atoms with Gasteiger partial charge in [0.25, 0.3) is 0 Å². The number of methoxy groups -OCH3 is 1. The summed E-state index contributed by atoms with van der Waals surface area (Å²) in [5.41, 5.74) is 3.19. The van der Waals surface area contributed by atoms with Crippen molar-refractivity contribution in [3.8, 4) is 0 Å². The third-order valence-corrected chi connectivity index (χ3v) is 11.6. The number of carbonyl (C=O) groups excluding carboxylic acids is 3. The lowest BCUT2D eigenvalue weighted by atomic mass is 9.96. The quantitative estimate of drug-likeness (QED) is 0.0590. The number of hydrogen-bond donors (Lipinski definition) is 1. The summed E-state index contributed by atoms with van der Waals surface area (Å²) in [6.45, 7) is -0.149. The molecule has 0 amide bonds. The van der Waals surface area contributed by atoms with Gasteiger partial charge in [-0.2, -0.15) is 0 Å². The largest absolute Gasteiger partial charge is 0.459 e. The molecule has 1 N–H and O–H groups in total. The predicted octanol–water partition coefficient (Wildman–Crippen LogP) is 7.52. The van der Waals surface area contributed by atoms with Crippen LogP contribution in [0.2, 0.25) is 0 Å². The van der Waals surface area contributed by atoms with Gasteiger partial charge in [-0.3, -0.25) is 0 Å². The summed E-state index contributed by atoms with van der Waals surface area (Å²) in [6.07, 6.45) is -13.2. The topological polar surface area (TPSA) is 164 Å². The summed E-state index contributed by atoms with van der Waals surface area (Å²) in [5, 5.41) is 12.2. The van der Waals surface area contributed by atoms with Gasteiger partial charge < -0.3 is 52.5 Å². The molecule has 0 radical (unpaired) electrons. The second-order valence-electron chi connectivity index (χ2n) is 16.4. The van der Waals surface area contributed by atoms with Crippen molar-refractivity contribution in [2.75, 3.05) is 20.3 Å². The molecular formula is C55H54O14. The molecule has 6 aromatic carbocycles. The van der Waals surface area contributed by atoms with Crippen molar-refractivity contribution in [2.45, 2.75) is 81.2 Å². The highest BCUT2D eigenvalue weighted by atomic mass is 16.8. The van der Waals surface area contributed by atoms with E-state index < -0.39 is 85.9 Å². The Labute approximate surface area is 400 Å². The molecule has 0 aromatic heterocycles. The molecule has 14 nitrogen and oxygen atoms in total. The zero-order valence-corrected chi connectivity index (χ0v) is 37.9. The Hall–Kier alpha value is -6.59. The minimum atomic E-state index is -1.73. The Bertz CT molecular complexity index is 2480. The summed E-state index contributed by atoms with van der Waals surface area (Å²) in [5.74, 6) is -2.37. The highest BCUT2D eigenvalue weighted by Crippen LogP contribution is 2.36. The van der Waals surface area contributed by atoms with Crippen molar-refractivity contribution < 1.29 is 66.9 Å². The Morgan fingerprint density at radius 3 is 1.36 bits per heavy atom.